The predicted octanol–water partition coefficient (Wildman–Crippen LogP) is 2.43. The molecule has 2 aliphatic rings. The molecule has 1 aromatic carbocycles. The zero-order valence-electron chi connectivity index (χ0n) is 19.7. The van der Waals surface area contributed by atoms with Crippen molar-refractivity contribution < 1.29 is 28.9 Å². The molecule has 0 unspecified atom stereocenters. The molecule has 0 spiro atoms. The first-order chi connectivity index (χ1) is 17.0. The Morgan fingerprint density at radius 1 is 1.31 bits per heavy atom. The first-order valence-electron chi connectivity index (χ1n) is 11.4. The Balaban J connectivity index is 1.80. The van der Waals surface area contributed by atoms with Crippen molar-refractivity contribution in [2.24, 2.45) is 0 Å². The predicted molar refractivity (Wildman–Crippen MR) is 128 cm³/mol. The van der Waals surface area contributed by atoms with E-state index in [1.165, 1.54) is 23.6 Å². The molecule has 1 amide bonds. The fraction of sp³-hybridized carbons (Fsp3) is 0.360. The van der Waals surface area contributed by atoms with Gasteiger partial charge in [0.05, 0.1) is 40.1 Å². The summed E-state index contributed by atoms with van der Waals surface area (Å²) in [7, 11) is 0. The molecule has 0 saturated heterocycles. The van der Waals surface area contributed by atoms with Crippen molar-refractivity contribution in [3.63, 3.8) is 0 Å². The SMILES string of the molecule is CC[C@@]1(O)C(=O)OCc2c1cc1n(c2=O)Cc2c-1nc1cc(F)c(Cl)cc1c2[C@H](C)NC(=O)[C@H](C)O. The maximum atomic E-state index is 14.4. The summed E-state index contributed by atoms with van der Waals surface area (Å²) in [4.78, 5) is 42.8. The molecule has 3 aromatic rings. The largest absolute Gasteiger partial charge is 0.458 e. The summed E-state index contributed by atoms with van der Waals surface area (Å²) < 4.78 is 21.0. The van der Waals surface area contributed by atoms with Gasteiger partial charge in [-0.15, -0.1) is 0 Å². The Hall–Kier alpha value is -3.34. The highest BCUT2D eigenvalue weighted by Gasteiger charge is 2.45. The summed E-state index contributed by atoms with van der Waals surface area (Å²) in [6.45, 7) is 4.46. The lowest BCUT2D eigenvalue weighted by atomic mass is 9.86. The van der Waals surface area contributed by atoms with Crippen LogP contribution in [0.1, 0.15) is 55.5 Å². The number of nitrogens with one attached hydrogen (secondary N) is 1. The second kappa shape index (κ2) is 8.36. The normalized spacial score (nSPS) is 19.8. The fourth-order valence-electron chi connectivity index (χ4n) is 5.01. The van der Waals surface area contributed by atoms with Crippen molar-refractivity contribution in [1.29, 1.82) is 0 Å². The molecule has 0 bridgehead atoms. The van der Waals surface area contributed by atoms with Crippen LogP contribution in [0.5, 0.6) is 0 Å². The van der Waals surface area contributed by atoms with Crippen molar-refractivity contribution in [3.05, 3.63) is 61.6 Å². The van der Waals surface area contributed by atoms with Gasteiger partial charge < -0.3 is 24.8 Å². The van der Waals surface area contributed by atoms with Gasteiger partial charge in [0.1, 0.15) is 18.5 Å². The van der Waals surface area contributed by atoms with Crippen LogP contribution in [0, 0.1) is 5.82 Å². The fourth-order valence-corrected chi connectivity index (χ4v) is 5.17. The van der Waals surface area contributed by atoms with E-state index in [1.54, 1.807) is 19.9 Å². The molecule has 2 aromatic heterocycles. The number of amides is 1. The Kier molecular flexibility index (Phi) is 5.66. The van der Waals surface area contributed by atoms with E-state index in [9.17, 15) is 29.0 Å². The molecule has 0 aliphatic carbocycles. The number of carbonyl (C=O) groups is 2. The summed E-state index contributed by atoms with van der Waals surface area (Å²) in [5.41, 5.74) is 0.00562. The van der Waals surface area contributed by atoms with E-state index in [4.69, 9.17) is 16.3 Å². The van der Waals surface area contributed by atoms with Gasteiger partial charge in [-0.2, -0.15) is 0 Å². The average Bonchev–Trinajstić information content (AvgIpc) is 3.19. The van der Waals surface area contributed by atoms with Crippen LogP contribution in [0.15, 0.2) is 23.0 Å². The first kappa shape index (κ1) is 24.4. The number of ether oxygens (including phenoxy) is 1. The van der Waals surface area contributed by atoms with Crippen LogP contribution in [0.4, 0.5) is 4.39 Å². The van der Waals surface area contributed by atoms with E-state index in [-0.39, 0.29) is 41.2 Å². The van der Waals surface area contributed by atoms with E-state index >= 15 is 0 Å². The zero-order chi connectivity index (χ0) is 26.1. The minimum absolute atomic E-state index is 0.00287. The molecule has 0 fully saturated rings. The molecular formula is C25H23ClFN3O6. The van der Waals surface area contributed by atoms with Gasteiger partial charge in [-0.05, 0) is 38.0 Å². The molecule has 2 aliphatic heterocycles. The molecule has 9 nitrogen and oxygen atoms in total. The molecule has 0 radical (unpaired) electrons. The highest BCUT2D eigenvalue weighted by molar-refractivity contribution is 6.31. The first-order valence-corrected chi connectivity index (χ1v) is 11.8. The van der Waals surface area contributed by atoms with Gasteiger partial charge in [0.25, 0.3) is 5.56 Å². The van der Waals surface area contributed by atoms with E-state index < -0.39 is 41.0 Å². The number of carbonyl (C=O) groups excluding carboxylic acids is 2. The minimum Gasteiger partial charge on any atom is -0.458 e. The minimum atomic E-state index is -1.98. The molecule has 3 N–H and O–H groups in total. The number of aromatic nitrogens is 2. The molecule has 36 heavy (non-hydrogen) atoms. The van der Waals surface area contributed by atoms with E-state index in [1.807, 2.05) is 0 Å². The Morgan fingerprint density at radius 2 is 2.03 bits per heavy atom. The number of halogens is 2. The van der Waals surface area contributed by atoms with Gasteiger partial charge >= 0.3 is 5.97 Å². The van der Waals surface area contributed by atoms with Gasteiger partial charge in [-0.3, -0.25) is 9.59 Å². The zero-order valence-corrected chi connectivity index (χ0v) is 20.4. The van der Waals surface area contributed by atoms with Crippen LogP contribution in [0.25, 0.3) is 22.3 Å². The van der Waals surface area contributed by atoms with Crippen LogP contribution in [-0.4, -0.2) is 37.7 Å². The van der Waals surface area contributed by atoms with Gasteiger partial charge in [0, 0.05) is 22.6 Å². The lowest BCUT2D eigenvalue weighted by Gasteiger charge is -2.31. The van der Waals surface area contributed by atoms with Crippen LogP contribution in [0.3, 0.4) is 0 Å². The van der Waals surface area contributed by atoms with Gasteiger partial charge in [-0.25, -0.2) is 14.2 Å². The van der Waals surface area contributed by atoms with Gasteiger partial charge in [0.2, 0.25) is 5.91 Å². The second-order valence-electron chi connectivity index (χ2n) is 9.15. The number of aliphatic hydroxyl groups is 2. The molecular weight excluding hydrogens is 493 g/mol. The standard InChI is InChI=1S/C25H23ClFN3O6/c1-4-25(35)15-6-19-21-13(8-30(19)23(33)14(15)9-36-24(25)34)20(10(2)28-22(32)11(3)31)12-5-16(26)17(27)7-18(12)29-21/h5-7,10-11,31,35H,4,8-9H2,1-3H3,(H,28,32)/t10-,11-,25-/m0/s1. The molecule has 0 saturated carbocycles. The maximum absolute atomic E-state index is 14.4. The van der Waals surface area contributed by atoms with Crippen LogP contribution < -0.4 is 10.9 Å². The molecule has 11 heteroatoms. The lowest BCUT2D eigenvalue weighted by Crippen LogP contribution is -2.44. The van der Waals surface area contributed by atoms with Crippen molar-refractivity contribution in [2.75, 3.05) is 0 Å². The second-order valence-corrected chi connectivity index (χ2v) is 9.55. The molecule has 188 valence electrons. The number of pyridine rings is 2. The number of cyclic esters (lactones) is 1. The quantitative estimate of drug-likeness (QED) is 0.356. The number of nitrogens with zero attached hydrogens (tertiary/aromatic N) is 2. The number of rotatable bonds is 4. The summed E-state index contributed by atoms with van der Waals surface area (Å²) in [6.07, 6.45) is -1.26. The van der Waals surface area contributed by atoms with Crippen LogP contribution >= 0.6 is 11.6 Å². The summed E-state index contributed by atoms with van der Waals surface area (Å²) in [6, 6.07) is 3.48. The number of hydrogen-bond donors (Lipinski definition) is 3. The van der Waals surface area contributed by atoms with Crippen LogP contribution in [0.2, 0.25) is 5.02 Å². The topological polar surface area (TPSA) is 131 Å². The molecule has 5 rings (SSSR count). The van der Waals surface area contributed by atoms with Crippen molar-refractivity contribution in [1.82, 2.24) is 14.9 Å². The molecule has 4 heterocycles. The van der Waals surface area contributed by atoms with Crippen LogP contribution in [-0.2, 0) is 33.1 Å². The number of benzene rings is 1. The Labute approximate surface area is 209 Å². The Morgan fingerprint density at radius 3 is 2.69 bits per heavy atom. The summed E-state index contributed by atoms with van der Waals surface area (Å²) in [5.74, 6) is -2.13. The highest BCUT2D eigenvalue weighted by atomic mass is 35.5. The van der Waals surface area contributed by atoms with E-state index in [0.717, 1.165) is 0 Å². The third-order valence-corrected chi connectivity index (χ3v) is 7.23. The monoisotopic (exact) mass is 515 g/mol. The molecule has 3 atom stereocenters. The summed E-state index contributed by atoms with van der Waals surface area (Å²) >= 11 is 6.07. The Bertz CT molecular complexity index is 1530. The van der Waals surface area contributed by atoms with Crippen molar-refractivity contribution >= 4 is 34.4 Å². The van der Waals surface area contributed by atoms with Gasteiger partial charge in [0.15, 0.2) is 5.60 Å². The summed E-state index contributed by atoms with van der Waals surface area (Å²) in [5, 5.41) is 23.8. The third-order valence-electron chi connectivity index (χ3n) is 6.94. The smallest absolute Gasteiger partial charge is 0.343 e. The third kappa shape index (κ3) is 3.43. The van der Waals surface area contributed by atoms with E-state index in [2.05, 4.69) is 10.3 Å². The highest BCUT2D eigenvalue weighted by Crippen LogP contribution is 2.42. The van der Waals surface area contributed by atoms with Crippen molar-refractivity contribution in [2.45, 2.75) is 58.1 Å². The van der Waals surface area contributed by atoms with Gasteiger partial charge in [-0.1, -0.05) is 18.5 Å². The number of aliphatic hydroxyl groups excluding tert-OH is 1. The lowest BCUT2D eigenvalue weighted by molar-refractivity contribution is -0.172. The number of esters is 1. The van der Waals surface area contributed by atoms with E-state index in [0.29, 0.717) is 27.9 Å². The number of hydrogen-bond acceptors (Lipinski definition) is 7. The average molecular weight is 516 g/mol. The van der Waals surface area contributed by atoms with Crippen molar-refractivity contribution in [3.8, 4) is 11.4 Å². The maximum Gasteiger partial charge on any atom is 0.343 e. The number of fused-ring (bicyclic) bond motifs is 5.